The molecule has 1 saturated carbocycles. The molecule has 0 aromatic carbocycles. The number of aromatic nitrogens is 2. The Bertz CT molecular complexity index is 682. The monoisotopic (exact) mass is 394 g/mol. The number of anilines is 1. The van der Waals surface area contributed by atoms with Gasteiger partial charge in [0.2, 0.25) is 0 Å². The Labute approximate surface area is 146 Å². The Balaban J connectivity index is 1.80. The van der Waals surface area contributed by atoms with Crippen molar-refractivity contribution in [2.45, 2.75) is 31.8 Å². The number of carbonyl (C=O) groups excluding carboxylic acids is 1. The van der Waals surface area contributed by atoms with Crippen LogP contribution in [0.2, 0.25) is 0 Å². The highest BCUT2D eigenvalue weighted by Crippen LogP contribution is 2.21. The lowest BCUT2D eigenvalue weighted by molar-refractivity contribution is -0.110. The van der Waals surface area contributed by atoms with E-state index in [1.807, 2.05) is 0 Å². The van der Waals surface area contributed by atoms with Crippen LogP contribution in [0.3, 0.4) is 0 Å². The van der Waals surface area contributed by atoms with Gasteiger partial charge in [0.15, 0.2) is 10.8 Å². The van der Waals surface area contributed by atoms with Crippen LogP contribution in [-0.2, 0) is 9.63 Å². The van der Waals surface area contributed by atoms with E-state index in [0.717, 1.165) is 25.7 Å². The zero-order valence-electron chi connectivity index (χ0n) is 12.2. The van der Waals surface area contributed by atoms with Gasteiger partial charge in [-0.25, -0.2) is 9.97 Å². The average Bonchev–Trinajstić information content (AvgIpc) is 3.23. The lowest BCUT2D eigenvalue weighted by Gasteiger charge is -2.10. The molecule has 1 fully saturated rings. The van der Waals surface area contributed by atoms with Crippen molar-refractivity contribution in [2.75, 3.05) is 5.32 Å². The molecule has 23 heavy (non-hydrogen) atoms. The molecule has 6 nitrogen and oxygen atoms in total. The molecule has 0 unspecified atom stereocenters. The summed E-state index contributed by atoms with van der Waals surface area (Å²) in [4.78, 5) is 26.3. The van der Waals surface area contributed by atoms with Gasteiger partial charge in [0.05, 0.1) is 0 Å². The van der Waals surface area contributed by atoms with Crippen molar-refractivity contribution in [3.8, 4) is 0 Å². The summed E-state index contributed by atoms with van der Waals surface area (Å²) in [5.74, 6) is -0.359. The van der Waals surface area contributed by atoms with Crippen molar-refractivity contribution in [1.29, 1.82) is 0 Å². The topological polar surface area (TPSA) is 76.5 Å². The maximum Gasteiger partial charge on any atom is 0.280 e. The lowest BCUT2D eigenvalue weighted by atomic mass is 10.2. The zero-order valence-corrected chi connectivity index (χ0v) is 14.6. The first-order valence-electron chi connectivity index (χ1n) is 7.29. The van der Waals surface area contributed by atoms with Gasteiger partial charge in [-0.05, 0) is 53.7 Å². The smallest absolute Gasteiger partial charge is 0.280 e. The molecule has 1 aliphatic carbocycles. The summed E-state index contributed by atoms with van der Waals surface area (Å²) in [5, 5.41) is 9.16. The predicted molar refractivity (Wildman–Crippen MR) is 92.6 cm³/mol. The second-order valence-electron chi connectivity index (χ2n) is 5.11. The van der Waals surface area contributed by atoms with Crippen LogP contribution in [0.15, 0.2) is 39.7 Å². The van der Waals surface area contributed by atoms with Gasteiger partial charge in [0, 0.05) is 23.3 Å². The largest absolute Gasteiger partial charge is 0.392 e. The highest BCUT2D eigenvalue weighted by atomic mass is 79.9. The number of oxime groups is 1. The molecule has 0 radical (unpaired) electrons. The molecule has 0 aliphatic heterocycles. The Morgan fingerprint density at radius 2 is 2.17 bits per heavy atom. The Hall–Kier alpha value is -1.80. The van der Waals surface area contributed by atoms with Crippen LogP contribution in [0.4, 0.5) is 5.13 Å². The molecule has 2 aromatic heterocycles. The van der Waals surface area contributed by atoms with Gasteiger partial charge in [0.1, 0.15) is 10.7 Å². The molecular weight excluding hydrogens is 380 g/mol. The standard InChI is InChI=1S/C15H15BrN4O2S/c16-12-6-5-10(9-18-12)13(20-22-11-3-1-2-4-11)14(21)19-15-17-7-8-23-15/h5-9,11H,1-4H2,(H,17,19,21)/b20-13+. The summed E-state index contributed by atoms with van der Waals surface area (Å²) in [6.45, 7) is 0. The number of nitrogens with one attached hydrogen (secondary N) is 1. The number of halogens is 1. The van der Waals surface area contributed by atoms with Gasteiger partial charge in [-0.3, -0.25) is 10.1 Å². The second-order valence-corrected chi connectivity index (χ2v) is 6.82. The quantitative estimate of drug-likeness (QED) is 0.477. The van der Waals surface area contributed by atoms with Crippen molar-refractivity contribution in [3.63, 3.8) is 0 Å². The van der Waals surface area contributed by atoms with Crippen LogP contribution in [-0.4, -0.2) is 27.7 Å². The molecular formula is C15H15BrN4O2S. The van der Waals surface area contributed by atoms with Crippen LogP contribution in [0.25, 0.3) is 0 Å². The van der Waals surface area contributed by atoms with Crippen molar-refractivity contribution >= 4 is 44.0 Å². The maximum absolute atomic E-state index is 12.5. The van der Waals surface area contributed by atoms with E-state index in [1.54, 1.807) is 29.9 Å². The molecule has 8 heteroatoms. The molecule has 3 rings (SSSR count). The van der Waals surface area contributed by atoms with Gasteiger partial charge in [-0.15, -0.1) is 11.3 Å². The fourth-order valence-corrected chi connectivity index (χ4v) is 3.06. The Morgan fingerprint density at radius 1 is 1.35 bits per heavy atom. The lowest BCUT2D eigenvalue weighted by Crippen LogP contribution is -2.25. The maximum atomic E-state index is 12.5. The first kappa shape index (κ1) is 16.1. The van der Waals surface area contributed by atoms with E-state index in [-0.39, 0.29) is 17.7 Å². The van der Waals surface area contributed by atoms with E-state index in [2.05, 4.69) is 36.4 Å². The van der Waals surface area contributed by atoms with Crippen LogP contribution in [0.1, 0.15) is 31.2 Å². The minimum atomic E-state index is -0.359. The van der Waals surface area contributed by atoms with Crippen molar-refractivity contribution < 1.29 is 9.63 Å². The fourth-order valence-electron chi connectivity index (χ4n) is 2.30. The highest BCUT2D eigenvalue weighted by Gasteiger charge is 2.20. The fraction of sp³-hybridized carbons (Fsp3) is 0.333. The zero-order chi connectivity index (χ0) is 16.1. The minimum Gasteiger partial charge on any atom is -0.392 e. The van der Waals surface area contributed by atoms with E-state index in [4.69, 9.17) is 4.84 Å². The molecule has 0 atom stereocenters. The van der Waals surface area contributed by atoms with E-state index >= 15 is 0 Å². The van der Waals surface area contributed by atoms with E-state index in [9.17, 15) is 4.79 Å². The number of hydrogen-bond acceptors (Lipinski definition) is 6. The first-order chi connectivity index (χ1) is 11.2. The van der Waals surface area contributed by atoms with Crippen LogP contribution in [0, 0.1) is 0 Å². The summed E-state index contributed by atoms with van der Waals surface area (Å²) in [6.07, 6.45) is 7.53. The number of carbonyl (C=O) groups is 1. The Morgan fingerprint density at radius 3 is 2.83 bits per heavy atom. The summed E-state index contributed by atoms with van der Waals surface area (Å²) in [6, 6.07) is 3.53. The van der Waals surface area contributed by atoms with Crippen molar-refractivity contribution in [3.05, 3.63) is 40.1 Å². The number of nitrogens with zero attached hydrogens (tertiary/aromatic N) is 3. The summed E-state index contributed by atoms with van der Waals surface area (Å²) in [7, 11) is 0. The molecule has 1 aliphatic rings. The molecule has 2 aromatic rings. The van der Waals surface area contributed by atoms with Gasteiger partial charge >= 0.3 is 0 Å². The van der Waals surface area contributed by atoms with Crippen LogP contribution >= 0.6 is 27.3 Å². The number of amides is 1. The molecule has 0 saturated heterocycles. The summed E-state index contributed by atoms with van der Waals surface area (Å²) >= 11 is 4.63. The van der Waals surface area contributed by atoms with Crippen molar-refractivity contribution in [2.24, 2.45) is 5.16 Å². The Kier molecular flexibility index (Phi) is 5.35. The van der Waals surface area contributed by atoms with Gasteiger partial charge in [-0.2, -0.15) is 0 Å². The van der Waals surface area contributed by atoms with Crippen LogP contribution in [0.5, 0.6) is 0 Å². The normalized spacial score (nSPS) is 15.6. The molecule has 120 valence electrons. The van der Waals surface area contributed by atoms with Crippen LogP contribution < -0.4 is 5.32 Å². The predicted octanol–water partition coefficient (Wildman–Crippen LogP) is 3.60. The first-order valence-corrected chi connectivity index (χ1v) is 8.96. The van der Waals surface area contributed by atoms with Gasteiger partial charge in [0.25, 0.3) is 5.91 Å². The molecule has 1 N–H and O–H groups in total. The SMILES string of the molecule is O=C(Nc1nccs1)/C(=N/OC1CCCC1)c1ccc(Br)nc1. The van der Waals surface area contributed by atoms with E-state index in [1.165, 1.54) is 11.3 Å². The third kappa shape index (κ3) is 4.35. The summed E-state index contributed by atoms with van der Waals surface area (Å²) in [5.41, 5.74) is 0.798. The molecule has 1 amide bonds. The van der Waals surface area contributed by atoms with Gasteiger partial charge in [-0.1, -0.05) is 5.16 Å². The minimum absolute atomic E-state index is 0.0843. The molecule has 0 bridgehead atoms. The summed E-state index contributed by atoms with van der Waals surface area (Å²) < 4.78 is 0.692. The number of pyridine rings is 1. The molecule has 0 spiro atoms. The van der Waals surface area contributed by atoms with E-state index < -0.39 is 0 Å². The highest BCUT2D eigenvalue weighted by molar-refractivity contribution is 9.10. The van der Waals surface area contributed by atoms with Gasteiger partial charge < -0.3 is 4.84 Å². The third-order valence-corrected chi connectivity index (χ3v) is 4.62. The third-order valence-electron chi connectivity index (χ3n) is 3.46. The number of rotatable bonds is 5. The second kappa shape index (κ2) is 7.65. The number of thiazole rings is 1. The molecule has 2 heterocycles. The van der Waals surface area contributed by atoms with E-state index in [0.29, 0.717) is 15.3 Å². The van der Waals surface area contributed by atoms with Crippen molar-refractivity contribution in [1.82, 2.24) is 9.97 Å². The number of hydrogen-bond donors (Lipinski definition) is 1. The average molecular weight is 395 g/mol.